The predicted molar refractivity (Wildman–Crippen MR) is 73.7 cm³/mol. The summed E-state index contributed by atoms with van der Waals surface area (Å²) in [5.41, 5.74) is 6.07. The minimum absolute atomic E-state index is 0.00785. The zero-order valence-electron chi connectivity index (χ0n) is 10.6. The lowest BCUT2D eigenvalue weighted by Gasteiger charge is -2.05. The molecule has 0 heterocycles. The third kappa shape index (κ3) is 3.70. The lowest BCUT2D eigenvalue weighted by atomic mass is 10.1. The number of amides is 2. The lowest BCUT2D eigenvalue weighted by Crippen LogP contribution is -2.27. The summed E-state index contributed by atoms with van der Waals surface area (Å²) >= 11 is 6.11. The number of primary amides is 1. The second-order valence-electron chi connectivity index (χ2n) is 4.83. The van der Waals surface area contributed by atoms with Crippen LogP contribution in [0.25, 0.3) is 0 Å². The molecule has 1 fully saturated rings. The maximum atomic E-state index is 11.9. The van der Waals surface area contributed by atoms with Gasteiger partial charge in [0.25, 0.3) is 0 Å². The quantitative estimate of drug-likeness (QED) is 0.780. The van der Waals surface area contributed by atoms with Gasteiger partial charge in [0, 0.05) is 23.9 Å². The van der Waals surface area contributed by atoms with E-state index in [0.29, 0.717) is 19.4 Å². The summed E-state index contributed by atoms with van der Waals surface area (Å²) in [5, 5.41) is 3.55. The molecule has 2 rings (SSSR count). The maximum Gasteiger partial charge on any atom is 0.223 e. The van der Waals surface area contributed by atoms with E-state index in [9.17, 15) is 9.59 Å². The van der Waals surface area contributed by atoms with E-state index in [1.54, 1.807) is 0 Å². The van der Waals surface area contributed by atoms with E-state index in [-0.39, 0.29) is 23.7 Å². The zero-order valence-corrected chi connectivity index (χ0v) is 11.3. The Labute approximate surface area is 117 Å². The molecular weight excluding hydrogens is 264 g/mol. The van der Waals surface area contributed by atoms with Gasteiger partial charge in [-0.3, -0.25) is 9.59 Å². The molecule has 1 aromatic rings. The van der Waals surface area contributed by atoms with Crippen LogP contribution in [-0.2, 0) is 9.59 Å². The highest BCUT2D eigenvalue weighted by Gasteiger charge is 2.44. The number of nitrogens with two attached hydrogens (primary N) is 1. The molecule has 2 amide bonds. The molecule has 1 saturated carbocycles. The molecule has 0 bridgehead atoms. The average Bonchev–Trinajstić information content (AvgIpc) is 3.15. The molecule has 3 N–H and O–H groups in total. The molecule has 0 saturated heterocycles. The van der Waals surface area contributed by atoms with E-state index in [4.69, 9.17) is 17.3 Å². The summed E-state index contributed by atoms with van der Waals surface area (Å²) in [6, 6.07) is 7.62. The van der Waals surface area contributed by atoms with Gasteiger partial charge in [-0.05, 0) is 30.4 Å². The van der Waals surface area contributed by atoms with Crippen LogP contribution < -0.4 is 11.1 Å². The van der Waals surface area contributed by atoms with Crippen LogP contribution >= 0.6 is 11.6 Å². The van der Waals surface area contributed by atoms with Gasteiger partial charge in [-0.15, -0.1) is 0 Å². The second kappa shape index (κ2) is 6.06. The van der Waals surface area contributed by atoms with Gasteiger partial charge in [0.2, 0.25) is 11.8 Å². The summed E-state index contributed by atoms with van der Waals surface area (Å²) < 4.78 is 0. The molecule has 1 aromatic carbocycles. The Hall–Kier alpha value is -1.55. The number of benzene rings is 1. The van der Waals surface area contributed by atoms with Crippen molar-refractivity contribution in [3.05, 3.63) is 34.9 Å². The molecule has 2 atom stereocenters. The molecule has 0 aromatic heterocycles. The highest BCUT2D eigenvalue weighted by atomic mass is 35.5. The summed E-state index contributed by atoms with van der Waals surface area (Å²) in [6.07, 6.45) is 1.73. The highest BCUT2D eigenvalue weighted by Crippen LogP contribution is 2.49. The van der Waals surface area contributed by atoms with Gasteiger partial charge in [-0.2, -0.15) is 0 Å². The molecular formula is C14H17ClN2O2. The van der Waals surface area contributed by atoms with Crippen LogP contribution in [0.3, 0.4) is 0 Å². The summed E-state index contributed by atoms with van der Waals surface area (Å²) in [4.78, 5) is 22.4. The number of carbonyl (C=O) groups is 2. The van der Waals surface area contributed by atoms with Crippen molar-refractivity contribution in [1.29, 1.82) is 0 Å². The summed E-state index contributed by atoms with van der Waals surface area (Å²) in [5.74, 6) is -0.0673. The van der Waals surface area contributed by atoms with Gasteiger partial charge in [0.1, 0.15) is 0 Å². The maximum absolute atomic E-state index is 11.9. The topological polar surface area (TPSA) is 72.2 Å². The van der Waals surface area contributed by atoms with Crippen molar-refractivity contribution in [3.63, 3.8) is 0 Å². The Kier molecular flexibility index (Phi) is 4.43. The van der Waals surface area contributed by atoms with Gasteiger partial charge >= 0.3 is 0 Å². The first-order valence-corrected chi connectivity index (χ1v) is 6.78. The van der Waals surface area contributed by atoms with Crippen LogP contribution in [0.4, 0.5) is 0 Å². The molecule has 102 valence electrons. The number of halogens is 1. The second-order valence-corrected chi connectivity index (χ2v) is 5.24. The first-order valence-electron chi connectivity index (χ1n) is 6.40. The van der Waals surface area contributed by atoms with Crippen molar-refractivity contribution >= 4 is 23.4 Å². The first-order chi connectivity index (χ1) is 9.09. The number of rotatable bonds is 6. The molecule has 0 unspecified atom stereocenters. The molecule has 4 nitrogen and oxygen atoms in total. The summed E-state index contributed by atoms with van der Waals surface area (Å²) in [6.45, 7) is 0.494. The van der Waals surface area contributed by atoms with Crippen LogP contribution in [0.5, 0.6) is 0 Å². The van der Waals surface area contributed by atoms with Gasteiger partial charge in [-0.25, -0.2) is 0 Å². The fourth-order valence-electron chi connectivity index (χ4n) is 2.21. The van der Waals surface area contributed by atoms with Crippen molar-refractivity contribution in [2.75, 3.05) is 6.54 Å². The van der Waals surface area contributed by atoms with E-state index in [0.717, 1.165) is 17.0 Å². The average molecular weight is 281 g/mol. The van der Waals surface area contributed by atoms with E-state index in [2.05, 4.69) is 5.32 Å². The third-order valence-electron chi connectivity index (χ3n) is 3.33. The molecule has 0 spiro atoms. The number of hydrogen-bond acceptors (Lipinski definition) is 2. The van der Waals surface area contributed by atoms with Crippen LogP contribution in [-0.4, -0.2) is 18.4 Å². The summed E-state index contributed by atoms with van der Waals surface area (Å²) in [7, 11) is 0. The molecule has 19 heavy (non-hydrogen) atoms. The molecule has 0 radical (unpaired) electrons. The Balaban J connectivity index is 1.78. The fraction of sp³-hybridized carbons (Fsp3) is 0.429. The Morgan fingerprint density at radius 3 is 2.79 bits per heavy atom. The Bertz CT molecular complexity index is 490. The zero-order chi connectivity index (χ0) is 13.8. The fourth-order valence-corrected chi connectivity index (χ4v) is 2.49. The highest BCUT2D eigenvalue weighted by molar-refractivity contribution is 6.31. The minimum Gasteiger partial charge on any atom is -0.370 e. The Morgan fingerprint density at radius 1 is 1.37 bits per heavy atom. The SMILES string of the molecule is NC(=O)CCCNC(=O)[C@H]1C[C@H]1c1ccccc1Cl. The molecule has 1 aliphatic carbocycles. The van der Waals surface area contributed by atoms with Crippen LogP contribution in [0.15, 0.2) is 24.3 Å². The van der Waals surface area contributed by atoms with Crippen LogP contribution in [0, 0.1) is 5.92 Å². The largest absolute Gasteiger partial charge is 0.370 e. The number of nitrogens with one attached hydrogen (secondary N) is 1. The van der Waals surface area contributed by atoms with E-state index >= 15 is 0 Å². The molecule has 5 heteroatoms. The van der Waals surface area contributed by atoms with E-state index in [1.807, 2.05) is 24.3 Å². The monoisotopic (exact) mass is 280 g/mol. The van der Waals surface area contributed by atoms with Crippen molar-refractivity contribution in [2.24, 2.45) is 11.7 Å². The smallest absolute Gasteiger partial charge is 0.223 e. The third-order valence-corrected chi connectivity index (χ3v) is 3.68. The Morgan fingerprint density at radius 2 is 2.11 bits per heavy atom. The van der Waals surface area contributed by atoms with Crippen molar-refractivity contribution in [1.82, 2.24) is 5.32 Å². The van der Waals surface area contributed by atoms with Gasteiger partial charge in [0.05, 0.1) is 0 Å². The van der Waals surface area contributed by atoms with Gasteiger partial charge in [-0.1, -0.05) is 29.8 Å². The van der Waals surface area contributed by atoms with Crippen molar-refractivity contribution in [2.45, 2.75) is 25.2 Å². The van der Waals surface area contributed by atoms with Crippen molar-refractivity contribution in [3.8, 4) is 0 Å². The molecule has 1 aliphatic rings. The molecule has 0 aliphatic heterocycles. The van der Waals surface area contributed by atoms with Crippen LogP contribution in [0.1, 0.15) is 30.7 Å². The minimum atomic E-state index is -0.338. The normalized spacial score (nSPS) is 20.9. The standard InChI is InChI=1S/C14H17ClN2O2/c15-12-5-2-1-4-9(12)10-8-11(10)14(19)17-7-3-6-13(16)18/h1-2,4-5,10-11H,3,6-8H2,(H2,16,18)(H,17,19)/t10-,11-/m0/s1. The number of hydrogen-bond donors (Lipinski definition) is 2. The lowest BCUT2D eigenvalue weighted by molar-refractivity contribution is -0.123. The van der Waals surface area contributed by atoms with Gasteiger partial charge in [0.15, 0.2) is 0 Å². The van der Waals surface area contributed by atoms with Crippen LogP contribution in [0.2, 0.25) is 5.02 Å². The first kappa shape index (κ1) is 13.9. The van der Waals surface area contributed by atoms with E-state index < -0.39 is 0 Å². The predicted octanol–water partition coefficient (Wildman–Crippen LogP) is 1.83. The number of carbonyl (C=O) groups excluding carboxylic acids is 2. The van der Waals surface area contributed by atoms with Crippen molar-refractivity contribution < 1.29 is 9.59 Å². The van der Waals surface area contributed by atoms with Gasteiger partial charge < -0.3 is 11.1 Å². The van der Waals surface area contributed by atoms with E-state index in [1.165, 1.54) is 0 Å².